The summed E-state index contributed by atoms with van der Waals surface area (Å²) in [7, 11) is 4.54. The molecule has 0 heterocycles. The largest absolute Gasteiger partial charge is 0.508 e. The summed E-state index contributed by atoms with van der Waals surface area (Å²) in [5.41, 5.74) is 1.56. The zero-order valence-corrected chi connectivity index (χ0v) is 22.9. The van der Waals surface area contributed by atoms with Gasteiger partial charge in [0.05, 0.1) is 24.4 Å². The van der Waals surface area contributed by atoms with E-state index in [-0.39, 0.29) is 35.4 Å². The Hall–Kier alpha value is -4.88. The number of amides is 2. The molecule has 0 aromatic heterocycles. The summed E-state index contributed by atoms with van der Waals surface area (Å²) in [5.74, 6) is -6.79. The number of hydrogen-bond donors (Lipinski definition) is 6. The molecule has 5 rings (SSSR count). The molecule has 3 aliphatic carbocycles. The number of nitrogens with one attached hydrogen (secondary N) is 1. The lowest BCUT2D eigenvalue weighted by molar-refractivity contribution is -0.153. The Balaban J connectivity index is 1.52. The Morgan fingerprint density at radius 2 is 1.69 bits per heavy atom. The van der Waals surface area contributed by atoms with E-state index in [1.807, 2.05) is 0 Å². The van der Waals surface area contributed by atoms with Crippen LogP contribution in [0.2, 0.25) is 0 Å². The number of nitrogens with zero attached hydrogens (tertiary/aromatic N) is 1. The molecule has 3 aliphatic rings. The normalized spacial score (nSPS) is 25.0. The summed E-state index contributed by atoms with van der Waals surface area (Å²) >= 11 is 0. The number of primary amides is 1. The number of nitrogens with two attached hydrogens (primary N) is 1. The van der Waals surface area contributed by atoms with Crippen LogP contribution >= 0.6 is 0 Å². The third-order valence-electron chi connectivity index (χ3n) is 8.10. The number of hydrogen-bond acceptors (Lipinski definition) is 11. The summed E-state index contributed by atoms with van der Waals surface area (Å²) in [4.78, 5) is 53.1. The standard InChI is InChI=1S/C29H29N3O10/c1-32(2)21-16-11-13-10-12-4-9-17(31-28(39)42-15-7-5-14(41-3)6-8-15)22(33)18(12)23(34)19(13)25(36)29(16,40)26(37)20(24(21)35)27(30)38/h4-9,13,16,21,33-34,37,40H,10-11H2,1-3H3,(H2,30,38)(H,31,39)/t13-,16+,21+,29-/m0/s1. The minimum atomic E-state index is -2.74. The van der Waals surface area contributed by atoms with E-state index in [1.165, 1.54) is 44.3 Å². The van der Waals surface area contributed by atoms with E-state index in [9.17, 15) is 39.6 Å². The van der Waals surface area contributed by atoms with Gasteiger partial charge < -0.3 is 35.6 Å². The molecular weight excluding hydrogens is 550 g/mol. The van der Waals surface area contributed by atoms with Gasteiger partial charge in [0.1, 0.15) is 34.3 Å². The highest BCUT2D eigenvalue weighted by Gasteiger charge is 2.64. The van der Waals surface area contributed by atoms with Gasteiger partial charge in [0.25, 0.3) is 5.91 Å². The van der Waals surface area contributed by atoms with Crippen molar-refractivity contribution in [2.75, 3.05) is 26.5 Å². The zero-order valence-electron chi connectivity index (χ0n) is 22.9. The number of carbonyl (C=O) groups is 4. The van der Waals surface area contributed by atoms with Crippen LogP contribution in [0, 0.1) is 11.8 Å². The van der Waals surface area contributed by atoms with Crippen LogP contribution in [0.15, 0.2) is 53.3 Å². The van der Waals surface area contributed by atoms with Gasteiger partial charge in [-0.3, -0.25) is 24.6 Å². The first-order valence-corrected chi connectivity index (χ1v) is 12.9. The van der Waals surface area contributed by atoms with Crippen molar-refractivity contribution in [2.24, 2.45) is 17.6 Å². The SMILES string of the molecule is COc1ccc(OC(=O)Nc2ccc3c(c2O)C(O)=C2C(=O)[C@]4(O)C(O)=C(C(N)=O)C(=O)[C@H](N(C)C)[C@H]4C[C@@H]2C3)cc1. The quantitative estimate of drug-likeness (QED) is 0.221. The summed E-state index contributed by atoms with van der Waals surface area (Å²) in [6.07, 6.45) is -0.850. The fraction of sp³-hybridized carbons (Fsp3) is 0.310. The molecule has 13 nitrogen and oxygen atoms in total. The summed E-state index contributed by atoms with van der Waals surface area (Å²) in [6.45, 7) is 0. The van der Waals surface area contributed by atoms with E-state index >= 15 is 0 Å². The number of likely N-dealkylation sites (N-methyl/N-ethyl adjacent to an activating group) is 1. The maximum atomic E-state index is 13.9. The number of ether oxygens (including phenoxy) is 2. The second-order valence-electron chi connectivity index (χ2n) is 10.6. The van der Waals surface area contributed by atoms with E-state index < -0.39 is 69.9 Å². The molecule has 42 heavy (non-hydrogen) atoms. The van der Waals surface area contributed by atoms with Crippen molar-refractivity contribution < 1.29 is 49.1 Å². The molecule has 2 amide bonds. The van der Waals surface area contributed by atoms with Crippen LogP contribution in [0.1, 0.15) is 17.5 Å². The van der Waals surface area contributed by atoms with Gasteiger partial charge >= 0.3 is 6.09 Å². The van der Waals surface area contributed by atoms with E-state index in [4.69, 9.17) is 15.2 Å². The summed E-state index contributed by atoms with van der Waals surface area (Å²) in [5, 5.41) is 47.3. The molecule has 220 valence electrons. The fourth-order valence-electron chi connectivity index (χ4n) is 6.21. The van der Waals surface area contributed by atoms with Crippen LogP contribution in [0.4, 0.5) is 10.5 Å². The number of anilines is 1. The Morgan fingerprint density at radius 1 is 1.05 bits per heavy atom. The van der Waals surface area contributed by atoms with Crippen molar-refractivity contribution in [3.05, 3.63) is 64.4 Å². The number of Topliss-reactive ketones (excluding diaryl/α,β-unsaturated/α-hetero) is 2. The minimum Gasteiger partial charge on any atom is -0.508 e. The molecule has 7 N–H and O–H groups in total. The molecule has 13 heteroatoms. The number of methoxy groups -OCH3 is 1. The molecular formula is C29H29N3O10. The fourth-order valence-corrected chi connectivity index (χ4v) is 6.21. The summed E-state index contributed by atoms with van der Waals surface area (Å²) in [6, 6.07) is 7.96. The van der Waals surface area contributed by atoms with Crippen molar-refractivity contribution in [2.45, 2.75) is 24.5 Å². The third kappa shape index (κ3) is 4.25. The van der Waals surface area contributed by atoms with Crippen molar-refractivity contribution >= 4 is 35.0 Å². The number of phenolic OH excluding ortho intramolecular Hbond substituents is 1. The van der Waals surface area contributed by atoms with Gasteiger partial charge in [0.2, 0.25) is 5.78 Å². The van der Waals surface area contributed by atoms with E-state index in [0.29, 0.717) is 11.3 Å². The molecule has 0 aliphatic heterocycles. The first-order chi connectivity index (χ1) is 19.8. The Bertz CT molecular complexity index is 1590. The van der Waals surface area contributed by atoms with Crippen molar-refractivity contribution in [3.8, 4) is 17.2 Å². The maximum Gasteiger partial charge on any atom is 0.417 e. The second-order valence-corrected chi connectivity index (χ2v) is 10.6. The number of fused-ring (bicyclic) bond motifs is 3. The Labute approximate surface area is 239 Å². The molecule has 0 radical (unpaired) electrons. The number of rotatable bonds is 5. The van der Waals surface area contributed by atoms with Gasteiger partial charge in [-0.1, -0.05) is 6.07 Å². The molecule has 2 aromatic carbocycles. The number of benzene rings is 2. The lowest BCUT2D eigenvalue weighted by atomic mass is 9.57. The number of carbonyl (C=O) groups excluding carboxylic acids is 4. The average molecular weight is 580 g/mol. The molecule has 0 saturated heterocycles. The molecule has 1 saturated carbocycles. The first kappa shape index (κ1) is 28.6. The number of ketones is 2. The zero-order chi connectivity index (χ0) is 30.7. The molecule has 0 bridgehead atoms. The van der Waals surface area contributed by atoms with Crippen LogP contribution in [0.3, 0.4) is 0 Å². The predicted octanol–water partition coefficient (Wildman–Crippen LogP) is 1.58. The highest BCUT2D eigenvalue weighted by atomic mass is 16.6. The van der Waals surface area contributed by atoms with Gasteiger partial charge in [-0.05, 0) is 68.8 Å². The molecule has 4 atom stereocenters. The second kappa shape index (κ2) is 10.2. The van der Waals surface area contributed by atoms with Gasteiger partial charge in [-0.25, -0.2) is 4.79 Å². The topological polar surface area (TPSA) is 209 Å². The minimum absolute atomic E-state index is 0.0271. The van der Waals surface area contributed by atoms with Gasteiger partial charge in [-0.2, -0.15) is 0 Å². The predicted molar refractivity (Wildman–Crippen MR) is 147 cm³/mol. The van der Waals surface area contributed by atoms with E-state index in [1.54, 1.807) is 18.2 Å². The number of aliphatic hydroxyl groups is 3. The third-order valence-corrected chi connectivity index (χ3v) is 8.10. The van der Waals surface area contributed by atoms with Crippen LogP contribution < -0.4 is 20.5 Å². The van der Waals surface area contributed by atoms with Crippen molar-refractivity contribution in [3.63, 3.8) is 0 Å². The number of aromatic hydroxyl groups is 1. The van der Waals surface area contributed by atoms with Gasteiger partial charge in [0, 0.05) is 11.5 Å². The maximum absolute atomic E-state index is 13.9. The molecule has 0 unspecified atom stereocenters. The Kier molecular flexibility index (Phi) is 6.95. The average Bonchev–Trinajstić information content (AvgIpc) is 2.92. The lowest BCUT2D eigenvalue weighted by Crippen LogP contribution is -2.65. The summed E-state index contributed by atoms with van der Waals surface area (Å²) < 4.78 is 10.3. The lowest BCUT2D eigenvalue weighted by Gasteiger charge is -2.50. The van der Waals surface area contributed by atoms with E-state index in [0.717, 1.165) is 0 Å². The van der Waals surface area contributed by atoms with E-state index in [2.05, 4.69) is 5.32 Å². The molecule has 0 spiro atoms. The number of aliphatic hydroxyl groups excluding tert-OH is 2. The van der Waals surface area contributed by atoms with Gasteiger partial charge in [-0.15, -0.1) is 0 Å². The van der Waals surface area contributed by atoms with Crippen LogP contribution in [-0.2, 0) is 20.8 Å². The van der Waals surface area contributed by atoms with Gasteiger partial charge in [0.15, 0.2) is 11.4 Å². The molecule has 1 fully saturated rings. The number of phenols is 1. The smallest absolute Gasteiger partial charge is 0.417 e. The van der Waals surface area contributed by atoms with Crippen LogP contribution in [-0.4, -0.2) is 81.7 Å². The highest BCUT2D eigenvalue weighted by Crippen LogP contribution is 2.53. The Morgan fingerprint density at radius 3 is 2.29 bits per heavy atom. The van der Waals surface area contributed by atoms with Crippen molar-refractivity contribution in [1.29, 1.82) is 0 Å². The monoisotopic (exact) mass is 579 g/mol. The molecule has 2 aromatic rings. The first-order valence-electron chi connectivity index (χ1n) is 12.9. The van der Waals surface area contributed by atoms with Crippen LogP contribution in [0.5, 0.6) is 17.2 Å². The van der Waals surface area contributed by atoms with Crippen LogP contribution in [0.25, 0.3) is 5.76 Å². The highest BCUT2D eigenvalue weighted by molar-refractivity contribution is 6.24. The van der Waals surface area contributed by atoms with Crippen molar-refractivity contribution in [1.82, 2.24) is 4.90 Å².